The monoisotopic (exact) mass is 304 g/mol. The Kier molecular flexibility index (Phi) is 2.56. The second-order valence-electron chi connectivity index (χ2n) is 10.4. The Bertz CT molecular complexity index is 508. The second kappa shape index (κ2) is 3.94. The van der Waals surface area contributed by atoms with Crippen LogP contribution in [0.3, 0.4) is 0 Å². The highest BCUT2D eigenvalue weighted by Crippen LogP contribution is 2.74. The van der Waals surface area contributed by atoms with Crippen LogP contribution in [0.15, 0.2) is 0 Å². The van der Waals surface area contributed by atoms with Crippen molar-refractivity contribution < 1.29 is 9.84 Å². The predicted octanol–water partition coefficient (Wildman–Crippen LogP) is 4.16. The molecule has 0 amide bonds. The Balaban J connectivity index is 1.54. The van der Waals surface area contributed by atoms with Crippen molar-refractivity contribution in [3.8, 4) is 0 Å². The van der Waals surface area contributed by atoms with Crippen molar-refractivity contribution in [1.29, 1.82) is 0 Å². The molecule has 2 nitrogen and oxygen atoms in total. The first-order valence-corrected chi connectivity index (χ1v) is 9.65. The van der Waals surface area contributed by atoms with E-state index in [1.54, 1.807) is 0 Å². The summed E-state index contributed by atoms with van der Waals surface area (Å²) in [5.41, 5.74) is 1.45. The molecule has 5 rings (SSSR count). The Hall–Kier alpha value is -0.0800. The molecule has 7 atom stereocenters. The van der Waals surface area contributed by atoms with E-state index < -0.39 is 0 Å². The van der Waals surface area contributed by atoms with Crippen molar-refractivity contribution in [3.05, 3.63) is 0 Å². The van der Waals surface area contributed by atoms with Gasteiger partial charge in [0.1, 0.15) is 0 Å². The number of epoxide rings is 1. The average Bonchev–Trinajstić information content (AvgIpc) is 3.19. The SMILES string of the molecule is CC1(C)[C@H](O)CC[C@]2(C)[C@@H]1CC[C@@]13C[C@H](CC[C@H]12)[C@]1(CO1)C3. The molecule has 0 unspecified atom stereocenters. The Labute approximate surface area is 135 Å². The molecule has 0 aromatic rings. The summed E-state index contributed by atoms with van der Waals surface area (Å²) in [6.45, 7) is 8.32. The fraction of sp³-hybridized carbons (Fsp3) is 1.00. The topological polar surface area (TPSA) is 32.8 Å². The van der Waals surface area contributed by atoms with Crippen LogP contribution >= 0.6 is 0 Å². The van der Waals surface area contributed by atoms with Crippen molar-refractivity contribution >= 4 is 0 Å². The van der Waals surface area contributed by atoms with Gasteiger partial charge in [0, 0.05) is 0 Å². The van der Waals surface area contributed by atoms with E-state index in [2.05, 4.69) is 20.8 Å². The number of hydrogen-bond donors (Lipinski definition) is 1. The molecule has 2 spiro atoms. The maximum Gasteiger partial charge on any atom is 0.0950 e. The predicted molar refractivity (Wildman–Crippen MR) is 86.4 cm³/mol. The van der Waals surface area contributed by atoms with Gasteiger partial charge in [0.15, 0.2) is 0 Å². The molecule has 0 aromatic carbocycles. The van der Waals surface area contributed by atoms with Crippen molar-refractivity contribution in [2.45, 2.75) is 83.8 Å². The molecule has 1 aliphatic heterocycles. The molecule has 2 bridgehead atoms. The van der Waals surface area contributed by atoms with E-state index in [0.29, 0.717) is 22.3 Å². The number of aliphatic hydroxyl groups is 1. The van der Waals surface area contributed by atoms with Gasteiger partial charge in [0.05, 0.1) is 18.3 Å². The zero-order chi connectivity index (χ0) is 15.4. The van der Waals surface area contributed by atoms with Gasteiger partial charge in [-0.15, -0.1) is 0 Å². The molecule has 0 radical (unpaired) electrons. The summed E-state index contributed by atoms with van der Waals surface area (Å²) in [5, 5.41) is 10.6. The lowest BCUT2D eigenvalue weighted by atomic mass is 9.41. The summed E-state index contributed by atoms with van der Waals surface area (Å²) in [7, 11) is 0. The first-order chi connectivity index (χ1) is 10.3. The number of ether oxygens (including phenoxy) is 1. The number of aliphatic hydroxyl groups excluding tert-OH is 1. The van der Waals surface area contributed by atoms with Crippen LogP contribution in [0.2, 0.25) is 0 Å². The van der Waals surface area contributed by atoms with Crippen molar-refractivity contribution in [3.63, 3.8) is 0 Å². The summed E-state index contributed by atoms with van der Waals surface area (Å²) in [5.74, 6) is 2.45. The molecule has 4 saturated carbocycles. The average molecular weight is 304 g/mol. The Morgan fingerprint density at radius 1 is 0.955 bits per heavy atom. The molecule has 4 aliphatic carbocycles. The van der Waals surface area contributed by atoms with Crippen molar-refractivity contribution in [1.82, 2.24) is 0 Å². The molecular formula is C20H32O2. The normalized spacial score (nSPS) is 61.6. The van der Waals surface area contributed by atoms with E-state index in [1.165, 1.54) is 44.9 Å². The minimum Gasteiger partial charge on any atom is -0.393 e. The van der Waals surface area contributed by atoms with Crippen LogP contribution in [0.1, 0.15) is 72.1 Å². The lowest BCUT2D eigenvalue weighted by Crippen LogP contribution is -2.59. The third kappa shape index (κ3) is 1.50. The smallest absolute Gasteiger partial charge is 0.0950 e. The number of hydrogen-bond acceptors (Lipinski definition) is 2. The van der Waals surface area contributed by atoms with Gasteiger partial charge < -0.3 is 9.84 Å². The summed E-state index contributed by atoms with van der Waals surface area (Å²) in [6, 6.07) is 0. The molecule has 22 heavy (non-hydrogen) atoms. The molecule has 2 heteroatoms. The molecule has 1 heterocycles. The maximum atomic E-state index is 10.6. The van der Waals surface area contributed by atoms with Gasteiger partial charge >= 0.3 is 0 Å². The highest BCUT2D eigenvalue weighted by Gasteiger charge is 2.71. The van der Waals surface area contributed by atoms with Crippen LogP contribution in [0.25, 0.3) is 0 Å². The fourth-order valence-electron chi connectivity index (χ4n) is 8.24. The van der Waals surface area contributed by atoms with Crippen LogP contribution in [0.5, 0.6) is 0 Å². The quantitative estimate of drug-likeness (QED) is 0.682. The van der Waals surface area contributed by atoms with Gasteiger partial charge in [-0.25, -0.2) is 0 Å². The zero-order valence-electron chi connectivity index (χ0n) is 14.5. The van der Waals surface area contributed by atoms with Gasteiger partial charge in [-0.05, 0) is 85.4 Å². The molecule has 124 valence electrons. The zero-order valence-corrected chi connectivity index (χ0v) is 14.5. The van der Waals surface area contributed by atoms with Gasteiger partial charge in [-0.1, -0.05) is 20.8 Å². The molecule has 5 fully saturated rings. The van der Waals surface area contributed by atoms with Crippen molar-refractivity contribution in [2.75, 3.05) is 6.61 Å². The van der Waals surface area contributed by atoms with E-state index in [9.17, 15) is 5.11 Å². The van der Waals surface area contributed by atoms with E-state index in [0.717, 1.165) is 24.9 Å². The highest BCUT2D eigenvalue weighted by atomic mass is 16.6. The van der Waals surface area contributed by atoms with Gasteiger partial charge in [0.2, 0.25) is 0 Å². The second-order valence-corrected chi connectivity index (χ2v) is 10.4. The number of fused-ring (bicyclic) bond motifs is 4. The molecule has 0 aromatic heterocycles. The first kappa shape index (κ1) is 14.3. The Morgan fingerprint density at radius 2 is 1.73 bits per heavy atom. The van der Waals surface area contributed by atoms with Crippen LogP contribution in [-0.2, 0) is 4.74 Å². The highest BCUT2D eigenvalue weighted by molar-refractivity contribution is 5.20. The lowest BCUT2D eigenvalue weighted by Gasteiger charge is -2.64. The summed E-state index contributed by atoms with van der Waals surface area (Å²) in [4.78, 5) is 0. The molecular weight excluding hydrogens is 272 g/mol. The minimum absolute atomic E-state index is 0.0951. The van der Waals surface area contributed by atoms with E-state index in [4.69, 9.17) is 4.74 Å². The van der Waals surface area contributed by atoms with E-state index in [1.807, 2.05) is 0 Å². The largest absolute Gasteiger partial charge is 0.393 e. The molecule has 1 N–H and O–H groups in total. The Morgan fingerprint density at radius 3 is 2.45 bits per heavy atom. The molecule has 5 aliphatic rings. The van der Waals surface area contributed by atoms with Gasteiger partial charge in [-0.2, -0.15) is 0 Å². The van der Waals surface area contributed by atoms with E-state index >= 15 is 0 Å². The maximum absolute atomic E-state index is 10.6. The first-order valence-electron chi connectivity index (χ1n) is 9.65. The van der Waals surface area contributed by atoms with Crippen molar-refractivity contribution in [2.24, 2.45) is 34.0 Å². The fourth-order valence-corrected chi connectivity index (χ4v) is 8.24. The van der Waals surface area contributed by atoms with Gasteiger partial charge in [-0.3, -0.25) is 0 Å². The molecule has 1 saturated heterocycles. The summed E-state index contributed by atoms with van der Waals surface area (Å²) in [6.07, 6.45) is 10.5. The number of rotatable bonds is 0. The van der Waals surface area contributed by atoms with Crippen LogP contribution in [-0.4, -0.2) is 23.4 Å². The van der Waals surface area contributed by atoms with E-state index in [-0.39, 0.29) is 11.5 Å². The third-order valence-electron chi connectivity index (χ3n) is 9.34. The summed E-state index contributed by atoms with van der Waals surface area (Å²) >= 11 is 0. The standard InChI is InChI=1S/C20H32O2/c1-17(2)14-6-9-19-10-13(20(11-19)12-22-20)4-5-15(19)18(14,3)8-7-16(17)21/h13-16,21H,4-12H2,1-3H3/t13-,14+,15-,16+,18+,19-,20+/m0/s1. The summed E-state index contributed by atoms with van der Waals surface area (Å²) < 4.78 is 6.00. The minimum atomic E-state index is -0.0994. The van der Waals surface area contributed by atoms with Crippen LogP contribution < -0.4 is 0 Å². The van der Waals surface area contributed by atoms with Crippen LogP contribution in [0, 0.1) is 34.0 Å². The third-order valence-corrected chi connectivity index (χ3v) is 9.34. The van der Waals surface area contributed by atoms with Gasteiger partial charge in [0.25, 0.3) is 0 Å². The van der Waals surface area contributed by atoms with Crippen LogP contribution in [0.4, 0.5) is 0 Å². The lowest BCUT2D eigenvalue weighted by molar-refractivity contribution is -0.180.